The smallest absolute Gasteiger partial charge is 0.176 e. The zero-order chi connectivity index (χ0) is 21.1. The summed E-state index contributed by atoms with van der Waals surface area (Å²) in [5, 5.41) is 12.1. The summed E-state index contributed by atoms with van der Waals surface area (Å²) in [6.45, 7) is 0.203. The Kier molecular flexibility index (Phi) is 5.50. The number of allylic oxidation sites excluding steroid dienone is 1. The molecule has 150 valence electrons. The number of hydrogen-bond acceptors (Lipinski definition) is 7. The molecule has 1 aliphatic rings. The summed E-state index contributed by atoms with van der Waals surface area (Å²) in [7, 11) is 3.16. The van der Waals surface area contributed by atoms with Crippen molar-refractivity contribution >= 4 is 22.7 Å². The summed E-state index contributed by atoms with van der Waals surface area (Å²) in [6, 6.07) is 14.8. The first-order valence-corrected chi connectivity index (χ1v) is 10.1. The van der Waals surface area contributed by atoms with Gasteiger partial charge in [-0.25, -0.2) is 4.98 Å². The van der Waals surface area contributed by atoms with Gasteiger partial charge in [-0.3, -0.25) is 4.79 Å². The number of para-hydroxylation sites is 1. The quantitative estimate of drug-likeness (QED) is 0.562. The molecule has 0 bridgehead atoms. The van der Waals surface area contributed by atoms with Gasteiger partial charge in [0.1, 0.15) is 23.4 Å². The van der Waals surface area contributed by atoms with E-state index in [0.29, 0.717) is 39.1 Å². The Balaban J connectivity index is 1.62. The zero-order valence-corrected chi connectivity index (χ0v) is 17.2. The lowest BCUT2D eigenvalue weighted by molar-refractivity contribution is 0.0874. The zero-order valence-electron chi connectivity index (χ0n) is 16.4. The fraction of sp³-hybridized carbons (Fsp3) is 0.174. The molecule has 1 atom stereocenters. The van der Waals surface area contributed by atoms with Gasteiger partial charge in [0.15, 0.2) is 17.3 Å². The molecule has 0 spiro atoms. The van der Waals surface area contributed by atoms with Crippen LogP contribution in [0.1, 0.15) is 15.4 Å². The van der Waals surface area contributed by atoms with Gasteiger partial charge in [0.25, 0.3) is 0 Å². The standard InChI is InChI=1S/C23H18N2O4S/c1-27-20-8-7-14(10-21(20)28-2)18-13-30-23(25-18)15(11-24)9-16-12-29-19-6-4-3-5-17(19)22(16)26/h3-10,13,16H,12H2,1-2H3/b15-9+/t16-/m0/s1. The van der Waals surface area contributed by atoms with E-state index in [1.165, 1.54) is 11.3 Å². The molecule has 4 rings (SSSR count). The number of carbonyl (C=O) groups is 1. The second-order valence-electron chi connectivity index (χ2n) is 6.58. The van der Waals surface area contributed by atoms with Gasteiger partial charge in [-0.1, -0.05) is 12.1 Å². The molecule has 1 aromatic heterocycles. The molecular weight excluding hydrogens is 400 g/mol. The molecular formula is C23H18N2O4S. The summed E-state index contributed by atoms with van der Waals surface area (Å²) in [6.07, 6.45) is 1.65. The molecule has 0 unspecified atom stereocenters. The van der Waals surface area contributed by atoms with Gasteiger partial charge in [0.05, 0.1) is 37.0 Å². The maximum atomic E-state index is 12.8. The van der Waals surface area contributed by atoms with Crippen LogP contribution in [0, 0.1) is 17.2 Å². The van der Waals surface area contributed by atoms with Gasteiger partial charge in [-0.05, 0) is 36.4 Å². The Hall–Kier alpha value is -3.63. The average molecular weight is 418 g/mol. The number of fused-ring (bicyclic) bond motifs is 1. The van der Waals surface area contributed by atoms with Crippen molar-refractivity contribution in [3.63, 3.8) is 0 Å². The van der Waals surface area contributed by atoms with E-state index in [4.69, 9.17) is 14.2 Å². The first-order chi connectivity index (χ1) is 14.6. The summed E-state index contributed by atoms with van der Waals surface area (Å²) >= 11 is 1.35. The highest BCUT2D eigenvalue weighted by Gasteiger charge is 2.28. The third-order valence-corrected chi connectivity index (χ3v) is 5.69. The Morgan fingerprint density at radius 1 is 1.23 bits per heavy atom. The van der Waals surface area contributed by atoms with Crippen molar-refractivity contribution in [1.29, 1.82) is 5.26 Å². The lowest BCUT2D eigenvalue weighted by Gasteiger charge is -2.21. The maximum absolute atomic E-state index is 12.8. The number of methoxy groups -OCH3 is 2. The van der Waals surface area contributed by atoms with Crippen LogP contribution < -0.4 is 14.2 Å². The molecule has 0 N–H and O–H groups in total. The van der Waals surface area contributed by atoms with Crippen LogP contribution in [0.15, 0.2) is 53.9 Å². The third-order valence-electron chi connectivity index (χ3n) is 4.81. The summed E-state index contributed by atoms with van der Waals surface area (Å²) < 4.78 is 16.3. The van der Waals surface area contributed by atoms with E-state index in [9.17, 15) is 10.1 Å². The Morgan fingerprint density at radius 3 is 2.80 bits per heavy atom. The molecule has 2 aromatic carbocycles. The summed E-state index contributed by atoms with van der Waals surface area (Å²) in [5.74, 6) is 1.23. The van der Waals surface area contributed by atoms with Crippen molar-refractivity contribution in [3.05, 3.63) is 64.5 Å². The maximum Gasteiger partial charge on any atom is 0.176 e. The first kappa shape index (κ1) is 19.7. The second kappa shape index (κ2) is 8.39. The molecule has 1 aliphatic heterocycles. The van der Waals surface area contributed by atoms with Crippen molar-refractivity contribution in [2.45, 2.75) is 0 Å². The van der Waals surface area contributed by atoms with Crippen molar-refractivity contribution in [1.82, 2.24) is 4.98 Å². The van der Waals surface area contributed by atoms with Gasteiger partial charge < -0.3 is 14.2 Å². The van der Waals surface area contributed by atoms with E-state index in [-0.39, 0.29) is 12.4 Å². The Bertz CT molecular complexity index is 1180. The van der Waals surface area contributed by atoms with Crippen LogP contribution in [0.3, 0.4) is 0 Å². The monoisotopic (exact) mass is 418 g/mol. The highest BCUT2D eigenvalue weighted by molar-refractivity contribution is 7.11. The molecule has 0 aliphatic carbocycles. The fourth-order valence-corrected chi connectivity index (χ4v) is 4.06. The van der Waals surface area contributed by atoms with Crippen LogP contribution in [-0.4, -0.2) is 31.6 Å². The SMILES string of the molecule is COc1ccc(-c2csc(/C(C#N)=C/[C@H]3COc4ccccc4C3=O)n2)cc1OC. The molecule has 6 nitrogen and oxygen atoms in total. The molecule has 7 heteroatoms. The minimum absolute atomic E-state index is 0.0544. The van der Waals surface area contributed by atoms with Crippen LogP contribution in [-0.2, 0) is 0 Å². The molecule has 2 heterocycles. The minimum atomic E-state index is -0.525. The number of thiazole rings is 1. The Labute approximate surface area is 178 Å². The number of carbonyl (C=O) groups excluding carboxylic acids is 1. The number of nitriles is 1. The van der Waals surface area contributed by atoms with Gasteiger partial charge in [0, 0.05) is 10.9 Å². The number of benzene rings is 2. The van der Waals surface area contributed by atoms with Crippen molar-refractivity contribution in [2.24, 2.45) is 5.92 Å². The summed E-state index contributed by atoms with van der Waals surface area (Å²) in [4.78, 5) is 17.4. The van der Waals surface area contributed by atoms with Crippen LogP contribution in [0.4, 0.5) is 0 Å². The molecule has 3 aromatic rings. The minimum Gasteiger partial charge on any atom is -0.493 e. The van der Waals surface area contributed by atoms with Crippen molar-refractivity contribution in [2.75, 3.05) is 20.8 Å². The van der Waals surface area contributed by atoms with Gasteiger partial charge in [0.2, 0.25) is 0 Å². The van der Waals surface area contributed by atoms with Crippen molar-refractivity contribution < 1.29 is 19.0 Å². The predicted molar refractivity (Wildman–Crippen MR) is 114 cm³/mol. The number of ketones is 1. The molecule has 0 saturated heterocycles. The van der Waals surface area contributed by atoms with E-state index in [1.54, 1.807) is 38.5 Å². The van der Waals surface area contributed by atoms with E-state index >= 15 is 0 Å². The van der Waals surface area contributed by atoms with E-state index in [1.807, 2.05) is 29.6 Å². The number of hydrogen-bond donors (Lipinski definition) is 0. The van der Waals surface area contributed by atoms with Crippen LogP contribution in [0.5, 0.6) is 17.2 Å². The average Bonchev–Trinajstić information content (AvgIpc) is 3.28. The predicted octanol–water partition coefficient (Wildman–Crippen LogP) is 4.63. The van der Waals surface area contributed by atoms with Crippen LogP contribution in [0.2, 0.25) is 0 Å². The second-order valence-corrected chi connectivity index (χ2v) is 7.44. The van der Waals surface area contributed by atoms with Gasteiger partial charge in [-0.2, -0.15) is 5.26 Å². The number of ether oxygens (including phenoxy) is 3. The van der Waals surface area contributed by atoms with E-state index in [0.717, 1.165) is 5.56 Å². The van der Waals surface area contributed by atoms with Crippen LogP contribution >= 0.6 is 11.3 Å². The molecule has 30 heavy (non-hydrogen) atoms. The molecule has 0 radical (unpaired) electrons. The highest BCUT2D eigenvalue weighted by atomic mass is 32.1. The first-order valence-electron chi connectivity index (χ1n) is 9.21. The molecule has 0 amide bonds. The fourth-order valence-electron chi connectivity index (χ4n) is 3.26. The number of Topliss-reactive ketones (excluding diaryl/α,β-unsaturated/α-hetero) is 1. The topological polar surface area (TPSA) is 81.4 Å². The third kappa shape index (κ3) is 3.65. The van der Waals surface area contributed by atoms with Gasteiger partial charge >= 0.3 is 0 Å². The van der Waals surface area contributed by atoms with Gasteiger partial charge in [-0.15, -0.1) is 11.3 Å². The largest absolute Gasteiger partial charge is 0.493 e. The van der Waals surface area contributed by atoms with Crippen LogP contribution in [0.25, 0.3) is 16.8 Å². The van der Waals surface area contributed by atoms with E-state index < -0.39 is 5.92 Å². The van der Waals surface area contributed by atoms with Crippen molar-refractivity contribution in [3.8, 4) is 34.6 Å². The number of rotatable bonds is 5. The summed E-state index contributed by atoms with van der Waals surface area (Å²) in [5.41, 5.74) is 2.45. The number of aromatic nitrogens is 1. The highest BCUT2D eigenvalue weighted by Crippen LogP contribution is 2.34. The number of nitrogens with zero attached hydrogens (tertiary/aromatic N) is 2. The lowest BCUT2D eigenvalue weighted by Crippen LogP contribution is -2.26. The Morgan fingerprint density at radius 2 is 2.03 bits per heavy atom. The molecule has 0 fully saturated rings. The normalized spacial score (nSPS) is 15.7. The van der Waals surface area contributed by atoms with E-state index in [2.05, 4.69) is 11.1 Å². The lowest BCUT2D eigenvalue weighted by atomic mass is 9.93. The molecule has 0 saturated carbocycles.